The van der Waals surface area contributed by atoms with Crippen LogP contribution >= 0.6 is 11.6 Å². The molecule has 17 heavy (non-hydrogen) atoms. The Morgan fingerprint density at radius 1 is 1.53 bits per heavy atom. The number of carbonyl (C=O) groups excluding carboxylic acids is 1. The molecule has 1 aromatic rings. The molecule has 0 spiro atoms. The lowest BCUT2D eigenvalue weighted by Crippen LogP contribution is -2.38. The minimum Gasteiger partial charge on any atom is -0.481 e. The average Bonchev–Trinajstić information content (AvgIpc) is 2.63. The van der Waals surface area contributed by atoms with Crippen molar-refractivity contribution in [2.75, 3.05) is 6.54 Å². The lowest BCUT2D eigenvalue weighted by atomic mass is 10.2. The van der Waals surface area contributed by atoms with E-state index in [1.807, 2.05) is 13.8 Å². The fourth-order valence-electron chi connectivity index (χ4n) is 1.41. The van der Waals surface area contributed by atoms with Crippen molar-refractivity contribution in [3.63, 3.8) is 0 Å². The van der Waals surface area contributed by atoms with Gasteiger partial charge < -0.3 is 14.4 Å². The van der Waals surface area contributed by atoms with Crippen LogP contribution < -0.4 is 0 Å². The number of rotatable bonds is 5. The summed E-state index contributed by atoms with van der Waals surface area (Å²) in [5.41, 5.74) is 0.255. The number of hydrogen-bond acceptors (Lipinski definition) is 3. The number of carboxylic acids is 1. The van der Waals surface area contributed by atoms with Crippen LogP contribution in [0.25, 0.3) is 0 Å². The molecule has 1 rings (SSSR count). The van der Waals surface area contributed by atoms with Gasteiger partial charge in [-0.3, -0.25) is 9.59 Å². The Hall–Kier alpha value is -1.49. The van der Waals surface area contributed by atoms with Gasteiger partial charge in [0.2, 0.25) is 5.22 Å². The molecule has 0 unspecified atom stereocenters. The first-order valence-corrected chi connectivity index (χ1v) is 5.57. The molecule has 0 saturated carbocycles. The van der Waals surface area contributed by atoms with Crippen molar-refractivity contribution in [1.29, 1.82) is 0 Å². The second kappa shape index (κ2) is 5.72. The van der Waals surface area contributed by atoms with Gasteiger partial charge in [0.15, 0.2) is 0 Å². The van der Waals surface area contributed by atoms with E-state index in [1.54, 1.807) is 0 Å². The summed E-state index contributed by atoms with van der Waals surface area (Å²) in [6.07, 6.45) is 1.23. The quantitative estimate of drug-likeness (QED) is 0.880. The Morgan fingerprint density at radius 2 is 2.18 bits per heavy atom. The smallest absolute Gasteiger partial charge is 0.305 e. The number of furan rings is 1. The zero-order chi connectivity index (χ0) is 13.0. The second-order valence-corrected chi connectivity index (χ2v) is 4.19. The normalized spacial score (nSPS) is 10.6. The monoisotopic (exact) mass is 259 g/mol. The molecule has 5 nitrogen and oxygen atoms in total. The summed E-state index contributed by atoms with van der Waals surface area (Å²) in [6.45, 7) is 3.77. The van der Waals surface area contributed by atoms with Crippen molar-refractivity contribution < 1.29 is 19.1 Å². The SMILES string of the molecule is CC(C)N(CCC(=O)O)C(=O)c1ccoc1Cl. The van der Waals surface area contributed by atoms with E-state index in [4.69, 9.17) is 21.1 Å². The lowest BCUT2D eigenvalue weighted by Gasteiger charge is -2.25. The van der Waals surface area contributed by atoms with Crippen molar-refractivity contribution in [1.82, 2.24) is 4.90 Å². The Morgan fingerprint density at radius 3 is 2.59 bits per heavy atom. The van der Waals surface area contributed by atoms with Gasteiger partial charge in [0.1, 0.15) is 0 Å². The van der Waals surface area contributed by atoms with E-state index in [2.05, 4.69) is 0 Å². The third-order valence-corrected chi connectivity index (χ3v) is 2.59. The maximum Gasteiger partial charge on any atom is 0.305 e. The standard InChI is InChI=1S/C11H14ClNO4/c1-7(2)13(5-3-9(14)15)11(16)8-4-6-17-10(8)12/h4,6-7H,3,5H2,1-2H3,(H,14,15). The van der Waals surface area contributed by atoms with Gasteiger partial charge in [0.05, 0.1) is 18.2 Å². The number of nitrogens with zero attached hydrogens (tertiary/aromatic N) is 1. The number of carbonyl (C=O) groups is 2. The van der Waals surface area contributed by atoms with Gasteiger partial charge in [0.25, 0.3) is 5.91 Å². The third kappa shape index (κ3) is 3.49. The minimum absolute atomic E-state index is 0.0241. The zero-order valence-electron chi connectivity index (χ0n) is 9.64. The van der Waals surface area contributed by atoms with Gasteiger partial charge in [-0.1, -0.05) is 0 Å². The first-order chi connectivity index (χ1) is 7.93. The molecule has 0 aliphatic carbocycles. The van der Waals surface area contributed by atoms with Crippen LogP contribution in [0.5, 0.6) is 0 Å². The fourth-order valence-corrected chi connectivity index (χ4v) is 1.61. The molecule has 94 valence electrons. The molecule has 1 N–H and O–H groups in total. The van der Waals surface area contributed by atoms with Crippen LogP contribution in [0, 0.1) is 0 Å². The molecular formula is C11H14ClNO4. The maximum absolute atomic E-state index is 12.1. The predicted molar refractivity (Wildman–Crippen MR) is 62.1 cm³/mol. The number of carboxylic acid groups (broad SMARTS) is 1. The van der Waals surface area contributed by atoms with Crippen molar-refractivity contribution in [2.24, 2.45) is 0 Å². The highest BCUT2D eigenvalue weighted by Crippen LogP contribution is 2.19. The van der Waals surface area contributed by atoms with Crippen LogP contribution in [0.15, 0.2) is 16.7 Å². The highest BCUT2D eigenvalue weighted by atomic mass is 35.5. The van der Waals surface area contributed by atoms with Gasteiger partial charge in [-0.15, -0.1) is 0 Å². The van der Waals surface area contributed by atoms with Gasteiger partial charge >= 0.3 is 5.97 Å². The minimum atomic E-state index is -0.943. The Kier molecular flexibility index (Phi) is 4.57. The van der Waals surface area contributed by atoms with Crippen LogP contribution in [-0.2, 0) is 4.79 Å². The van der Waals surface area contributed by atoms with E-state index < -0.39 is 5.97 Å². The highest BCUT2D eigenvalue weighted by Gasteiger charge is 2.22. The van der Waals surface area contributed by atoms with E-state index in [-0.39, 0.29) is 35.7 Å². The summed E-state index contributed by atoms with van der Waals surface area (Å²) in [5, 5.41) is 8.65. The molecule has 1 aromatic heterocycles. The molecule has 0 radical (unpaired) electrons. The Bertz CT molecular complexity index is 413. The van der Waals surface area contributed by atoms with E-state index >= 15 is 0 Å². The van der Waals surface area contributed by atoms with Crippen molar-refractivity contribution >= 4 is 23.5 Å². The first kappa shape index (κ1) is 13.6. The molecule has 0 aliphatic rings. The molecule has 6 heteroatoms. The molecule has 0 atom stereocenters. The van der Waals surface area contributed by atoms with Crippen molar-refractivity contribution in [3.8, 4) is 0 Å². The summed E-state index contributed by atoms with van der Waals surface area (Å²) < 4.78 is 4.84. The molecule has 0 saturated heterocycles. The Balaban J connectivity index is 2.81. The van der Waals surface area contributed by atoms with Gasteiger partial charge in [-0.25, -0.2) is 0 Å². The fraction of sp³-hybridized carbons (Fsp3) is 0.455. The van der Waals surface area contributed by atoms with Gasteiger partial charge in [0, 0.05) is 12.6 Å². The molecule has 1 heterocycles. The summed E-state index contributed by atoms with van der Waals surface area (Å²) in [4.78, 5) is 24.0. The Labute approximate surface area is 104 Å². The van der Waals surface area contributed by atoms with E-state index in [9.17, 15) is 9.59 Å². The molecular weight excluding hydrogens is 246 g/mol. The van der Waals surface area contributed by atoms with E-state index in [1.165, 1.54) is 17.2 Å². The molecule has 1 amide bonds. The van der Waals surface area contributed by atoms with Crippen LogP contribution in [0.4, 0.5) is 0 Å². The molecule has 0 fully saturated rings. The number of hydrogen-bond donors (Lipinski definition) is 1. The summed E-state index contributed by atoms with van der Waals surface area (Å²) in [5.74, 6) is -1.26. The second-order valence-electron chi connectivity index (χ2n) is 3.84. The summed E-state index contributed by atoms with van der Waals surface area (Å²) in [7, 11) is 0. The van der Waals surface area contributed by atoms with Crippen molar-refractivity contribution in [2.45, 2.75) is 26.3 Å². The average molecular weight is 260 g/mol. The zero-order valence-corrected chi connectivity index (χ0v) is 10.4. The van der Waals surface area contributed by atoms with Crippen LogP contribution in [-0.4, -0.2) is 34.5 Å². The lowest BCUT2D eigenvalue weighted by molar-refractivity contribution is -0.137. The third-order valence-electron chi connectivity index (χ3n) is 2.30. The maximum atomic E-state index is 12.1. The first-order valence-electron chi connectivity index (χ1n) is 5.19. The van der Waals surface area contributed by atoms with Crippen molar-refractivity contribution in [3.05, 3.63) is 23.1 Å². The summed E-state index contributed by atoms with van der Waals surface area (Å²) >= 11 is 5.72. The summed E-state index contributed by atoms with van der Waals surface area (Å²) in [6, 6.07) is 1.37. The molecule has 0 aromatic carbocycles. The largest absolute Gasteiger partial charge is 0.481 e. The van der Waals surface area contributed by atoms with Gasteiger partial charge in [-0.2, -0.15) is 0 Å². The van der Waals surface area contributed by atoms with Crippen LogP contribution in [0.2, 0.25) is 5.22 Å². The topological polar surface area (TPSA) is 70.8 Å². The van der Waals surface area contributed by atoms with Crippen LogP contribution in [0.1, 0.15) is 30.6 Å². The van der Waals surface area contributed by atoms with E-state index in [0.717, 1.165) is 0 Å². The number of aliphatic carboxylic acids is 1. The van der Waals surface area contributed by atoms with Gasteiger partial charge in [-0.05, 0) is 31.5 Å². The molecule has 0 bridgehead atoms. The number of amides is 1. The van der Waals surface area contributed by atoms with Crippen LogP contribution in [0.3, 0.4) is 0 Å². The predicted octanol–water partition coefficient (Wildman–Crippen LogP) is 2.26. The highest BCUT2D eigenvalue weighted by molar-refractivity contribution is 6.32. The molecule has 0 aliphatic heterocycles. The number of halogens is 1. The van der Waals surface area contributed by atoms with E-state index in [0.29, 0.717) is 0 Å².